The Morgan fingerprint density at radius 1 is 1.30 bits per heavy atom. The van der Waals surface area contributed by atoms with E-state index in [0.717, 1.165) is 25.9 Å². The van der Waals surface area contributed by atoms with E-state index in [1.807, 2.05) is 6.07 Å². The lowest BCUT2D eigenvalue weighted by Crippen LogP contribution is -2.46. The maximum absolute atomic E-state index is 12.4. The standard InChI is InChI=1S/C20H28N4O3/c1-19(2)14-20(10-12-26-19,16-7-5-4-6-8-16)9-11-21-18(25)24(3)13-17-22-15-27-23-17/h4-8,15H,9-14H2,1-3H3,(H,21,25)/t20-/m1/s1. The van der Waals surface area contributed by atoms with E-state index in [9.17, 15) is 4.79 Å². The topological polar surface area (TPSA) is 80.5 Å². The van der Waals surface area contributed by atoms with Gasteiger partial charge in [-0.1, -0.05) is 35.5 Å². The van der Waals surface area contributed by atoms with Crippen molar-refractivity contribution in [2.45, 2.75) is 50.7 Å². The van der Waals surface area contributed by atoms with Gasteiger partial charge in [-0.25, -0.2) is 4.79 Å². The molecule has 0 saturated carbocycles. The Labute approximate surface area is 160 Å². The molecule has 0 bridgehead atoms. The van der Waals surface area contributed by atoms with Crippen molar-refractivity contribution in [3.63, 3.8) is 0 Å². The van der Waals surface area contributed by atoms with Crippen LogP contribution in [0.3, 0.4) is 0 Å². The molecule has 0 spiro atoms. The molecule has 0 aliphatic carbocycles. The molecule has 7 nitrogen and oxygen atoms in total. The first-order valence-corrected chi connectivity index (χ1v) is 9.34. The molecule has 1 saturated heterocycles. The molecule has 1 N–H and O–H groups in total. The van der Waals surface area contributed by atoms with Crippen LogP contribution in [0.1, 0.15) is 44.5 Å². The fraction of sp³-hybridized carbons (Fsp3) is 0.550. The van der Waals surface area contributed by atoms with Gasteiger partial charge in [-0.05, 0) is 38.7 Å². The lowest BCUT2D eigenvalue weighted by Gasteiger charge is -2.45. The molecular weight excluding hydrogens is 344 g/mol. The monoisotopic (exact) mass is 372 g/mol. The first-order valence-electron chi connectivity index (χ1n) is 9.34. The first kappa shape index (κ1) is 19.4. The molecule has 7 heteroatoms. The minimum absolute atomic E-state index is 0.00251. The van der Waals surface area contributed by atoms with Gasteiger partial charge in [-0.3, -0.25) is 0 Å². The van der Waals surface area contributed by atoms with Gasteiger partial charge < -0.3 is 19.5 Å². The van der Waals surface area contributed by atoms with Crippen LogP contribution < -0.4 is 5.32 Å². The van der Waals surface area contributed by atoms with Crippen LogP contribution in [0.25, 0.3) is 0 Å². The summed E-state index contributed by atoms with van der Waals surface area (Å²) in [6.07, 6.45) is 4.01. The Hall–Kier alpha value is -2.41. The van der Waals surface area contributed by atoms with Crippen LogP contribution in [0.2, 0.25) is 0 Å². The average Bonchev–Trinajstić information content (AvgIpc) is 3.14. The number of nitrogens with one attached hydrogen (secondary N) is 1. The quantitative estimate of drug-likeness (QED) is 0.843. The maximum Gasteiger partial charge on any atom is 0.317 e. The van der Waals surface area contributed by atoms with Gasteiger partial charge >= 0.3 is 6.03 Å². The Morgan fingerprint density at radius 3 is 2.74 bits per heavy atom. The summed E-state index contributed by atoms with van der Waals surface area (Å²) in [4.78, 5) is 17.9. The summed E-state index contributed by atoms with van der Waals surface area (Å²) in [5, 5.41) is 6.76. The molecule has 0 radical (unpaired) electrons. The van der Waals surface area contributed by atoms with Crippen LogP contribution in [0.4, 0.5) is 4.79 Å². The van der Waals surface area contributed by atoms with Crippen molar-refractivity contribution in [3.05, 3.63) is 48.1 Å². The molecule has 2 aromatic rings. The Morgan fingerprint density at radius 2 is 2.07 bits per heavy atom. The molecule has 0 unspecified atom stereocenters. The summed E-state index contributed by atoms with van der Waals surface area (Å²) in [7, 11) is 1.72. The van der Waals surface area contributed by atoms with Gasteiger partial charge in [0.2, 0.25) is 6.39 Å². The van der Waals surface area contributed by atoms with Crippen molar-refractivity contribution in [1.29, 1.82) is 0 Å². The first-order chi connectivity index (χ1) is 12.9. The van der Waals surface area contributed by atoms with E-state index >= 15 is 0 Å². The Bertz CT molecular complexity index is 733. The molecule has 1 atom stereocenters. The van der Waals surface area contributed by atoms with E-state index in [2.05, 4.69) is 53.6 Å². The van der Waals surface area contributed by atoms with E-state index < -0.39 is 0 Å². The second kappa shape index (κ2) is 8.08. The zero-order chi connectivity index (χ0) is 19.3. The molecule has 2 heterocycles. The summed E-state index contributed by atoms with van der Waals surface area (Å²) < 4.78 is 10.7. The lowest BCUT2D eigenvalue weighted by atomic mass is 9.67. The van der Waals surface area contributed by atoms with Crippen molar-refractivity contribution in [3.8, 4) is 0 Å². The second-order valence-electron chi connectivity index (χ2n) is 7.87. The average molecular weight is 372 g/mol. The third-order valence-corrected chi connectivity index (χ3v) is 5.24. The van der Waals surface area contributed by atoms with Crippen LogP contribution in [0.15, 0.2) is 41.2 Å². The Balaban J connectivity index is 1.62. The molecule has 27 heavy (non-hydrogen) atoms. The summed E-state index contributed by atoms with van der Waals surface area (Å²) >= 11 is 0. The number of hydrogen-bond donors (Lipinski definition) is 1. The smallest absolute Gasteiger partial charge is 0.317 e. The molecule has 1 aliphatic rings. The number of benzene rings is 1. The summed E-state index contributed by atoms with van der Waals surface area (Å²) in [6.45, 7) is 5.92. The van der Waals surface area contributed by atoms with Crippen LogP contribution in [-0.4, -0.2) is 46.9 Å². The Kier molecular flexibility index (Phi) is 5.79. The minimum atomic E-state index is -0.173. The predicted octanol–water partition coefficient (Wildman–Crippen LogP) is 3.13. The van der Waals surface area contributed by atoms with E-state index in [0.29, 0.717) is 18.9 Å². The number of hydrogen-bond acceptors (Lipinski definition) is 5. The molecule has 1 aromatic carbocycles. The van der Waals surface area contributed by atoms with Crippen molar-refractivity contribution < 1.29 is 14.1 Å². The van der Waals surface area contributed by atoms with Gasteiger partial charge in [0.15, 0.2) is 5.82 Å². The highest BCUT2D eigenvalue weighted by atomic mass is 16.5. The second-order valence-corrected chi connectivity index (χ2v) is 7.87. The highest BCUT2D eigenvalue weighted by Crippen LogP contribution is 2.43. The number of carbonyl (C=O) groups is 1. The van der Waals surface area contributed by atoms with Crippen LogP contribution >= 0.6 is 0 Å². The number of rotatable bonds is 6. The van der Waals surface area contributed by atoms with Crippen molar-refractivity contribution in [2.75, 3.05) is 20.2 Å². The fourth-order valence-corrected chi connectivity index (χ4v) is 3.96. The zero-order valence-electron chi connectivity index (χ0n) is 16.3. The normalized spacial score (nSPS) is 21.6. The van der Waals surface area contributed by atoms with Crippen LogP contribution in [0.5, 0.6) is 0 Å². The van der Waals surface area contributed by atoms with Gasteiger partial charge in [0.05, 0.1) is 12.1 Å². The number of ether oxygens (including phenoxy) is 1. The van der Waals surface area contributed by atoms with Crippen LogP contribution in [0, 0.1) is 0 Å². The molecule has 1 aromatic heterocycles. The van der Waals surface area contributed by atoms with Crippen molar-refractivity contribution >= 4 is 6.03 Å². The summed E-state index contributed by atoms with van der Waals surface area (Å²) in [6, 6.07) is 10.4. The van der Waals surface area contributed by atoms with Gasteiger partial charge in [0.25, 0.3) is 0 Å². The van der Waals surface area contributed by atoms with Gasteiger partial charge in [-0.2, -0.15) is 4.98 Å². The van der Waals surface area contributed by atoms with Crippen LogP contribution in [-0.2, 0) is 16.7 Å². The molecule has 1 fully saturated rings. The highest BCUT2D eigenvalue weighted by molar-refractivity contribution is 5.73. The number of aromatic nitrogens is 2. The fourth-order valence-electron chi connectivity index (χ4n) is 3.96. The number of carbonyl (C=O) groups excluding carboxylic acids is 1. The highest BCUT2D eigenvalue weighted by Gasteiger charge is 2.41. The summed E-state index contributed by atoms with van der Waals surface area (Å²) in [5.74, 6) is 0.486. The molecule has 146 valence electrons. The van der Waals surface area contributed by atoms with Gasteiger partial charge in [0, 0.05) is 25.6 Å². The van der Waals surface area contributed by atoms with Gasteiger partial charge in [0.1, 0.15) is 0 Å². The number of nitrogens with zero attached hydrogens (tertiary/aromatic N) is 3. The van der Waals surface area contributed by atoms with E-state index in [4.69, 9.17) is 9.26 Å². The largest absolute Gasteiger partial charge is 0.376 e. The molecule has 2 amide bonds. The molecular formula is C20H28N4O3. The minimum Gasteiger partial charge on any atom is -0.376 e. The van der Waals surface area contributed by atoms with Crippen molar-refractivity contribution in [1.82, 2.24) is 20.4 Å². The SMILES string of the molecule is CN(Cc1ncon1)C(=O)NCC[C@@]1(c2ccccc2)CCOC(C)(C)C1. The van der Waals surface area contributed by atoms with E-state index in [1.54, 1.807) is 11.9 Å². The zero-order valence-corrected chi connectivity index (χ0v) is 16.3. The maximum atomic E-state index is 12.4. The van der Waals surface area contributed by atoms with E-state index in [-0.39, 0.29) is 17.0 Å². The molecule has 3 rings (SSSR count). The number of urea groups is 1. The molecule has 1 aliphatic heterocycles. The predicted molar refractivity (Wildman–Crippen MR) is 101 cm³/mol. The lowest BCUT2D eigenvalue weighted by molar-refractivity contribution is -0.0838. The third-order valence-electron chi connectivity index (χ3n) is 5.24. The summed E-state index contributed by atoms with van der Waals surface area (Å²) in [5.41, 5.74) is 1.14. The third kappa shape index (κ3) is 4.86. The van der Waals surface area contributed by atoms with Gasteiger partial charge in [-0.15, -0.1) is 0 Å². The van der Waals surface area contributed by atoms with E-state index in [1.165, 1.54) is 12.0 Å². The number of amides is 2. The van der Waals surface area contributed by atoms with Crippen molar-refractivity contribution in [2.24, 2.45) is 0 Å².